The van der Waals surface area contributed by atoms with Crippen LogP contribution in [0.5, 0.6) is 0 Å². The van der Waals surface area contributed by atoms with Gasteiger partial charge in [-0.3, -0.25) is 9.47 Å². The summed E-state index contributed by atoms with van der Waals surface area (Å²) in [6.07, 6.45) is 10.6. The molecule has 4 aromatic rings. The third-order valence-corrected chi connectivity index (χ3v) is 7.31. The fourth-order valence-electron chi connectivity index (χ4n) is 5.10. The zero-order valence-corrected chi connectivity index (χ0v) is 22.2. The molecule has 1 aliphatic heterocycles. The maximum Gasteiger partial charge on any atom is 0.165 e. The van der Waals surface area contributed by atoms with Crippen molar-refractivity contribution in [2.75, 3.05) is 13.1 Å². The highest BCUT2D eigenvalue weighted by Crippen LogP contribution is 2.31. The Hall–Kier alpha value is -2.84. The summed E-state index contributed by atoms with van der Waals surface area (Å²) in [6, 6.07) is 7.08. The molecule has 1 fully saturated rings. The predicted molar refractivity (Wildman–Crippen MR) is 143 cm³/mol. The van der Waals surface area contributed by atoms with Crippen molar-refractivity contribution in [3.8, 4) is 0 Å². The SMILES string of the molecule is CC(C)N(CCCCc1nc2ccc(C(C)(C)C)cc2[nH]1)CC1CCC(n2cnc3cncnc32)O1. The van der Waals surface area contributed by atoms with Gasteiger partial charge in [-0.1, -0.05) is 26.8 Å². The normalized spacial score (nSPS) is 18.9. The van der Waals surface area contributed by atoms with Gasteiger partial charge in [0.2, 0.25) is 0 Å². The maximum atomic E-state index is 6.44. The molecular formula is C28H39N7O. The van der Waals surface area contributed by atoms with Gasteiger partial charge in [0.05, 0.1) is 29.7 Å². The van der Waals surface area contributed by atoms with Gasteiger partial charge in [-0.15, -0.1) is 0 Å². The number of nitrogens with zero attached hydrogens (tertiary/aromatic N) is 6. The molecule has 2 unspecified atom stereocenters. The zero-order valence-electron chi connectivity index (χ0n) is 22.2. The Morgan fingerprint density at radius 3 is 2.81 bits per heavy atom. The summed E-state index contributed by atoms with van der Waals surface area (Å²) in [5.74, 6) is 1.09. The van der Waals surface area contributed by atoms with E-state index in [0.29, 0.717) is 6.04 Å². The maximum absolute atomic E-state index is 6.44. The highest BCUT2D eigenvalue weighted by atomic mass is 16.5. The molecule has 1 N–H and O–H groups in total. The number of fused-ring (bicyclic) bond motifs is 2. The topological polar surface area (TPSA) is 84.8 Å². The van der Waals surface area contributed by atoms with Gasteiger partial charge in [0.15, 0.2) is 5.65 Å². The van der Waals surface area contributed by atoms with Crippen LogP contribution in [-0.4, -0.2) is 59.6 Å². The minimum absolute atomic E-state index is 0.00389. The summed E-state index contributed by atoms with van der Waals surface area (Å²) in [4.78, 5) is 23.8. The molecule has 8 nitrogen and oxygen atoms in total. The van der Waals surface area contributed by atoms with Crippen molar-refractivity contribution in [2.24, 2.45) is 0 Å². The average molecular weight is 490 g/mol. The molecule has 4 heterocycles. The van der Waals surface area contributed by atoms with E-state index < -0.39 is 0 Å². The molecule has 3 aromatic heterocycles. The van der Waals surface area contributed by atoms with Gasteiger partial charge in [-0.05, 0) is 69.2 Å². The molecule has 5 rings (SSSR count). The fraction of sp³-hybridized carbons (Fsp3) is 0.571. The van der Waals surface area contributed by atoms with Crippen LogP contribution in [0.15, 0.2) is 37.1 Å². The Morgan fingerprint density at radius 2 is 2.00 bits per heavy atom. The number of aromatic amines is 1. The van der Waals surface area contributed by atoms with Crippen molar-refractivity contribution in [1.82, 2.24) is 34.4 Å². The highest BCUT2D eigenvalue weighted by Gasteiger charge is 2.29. The van der Waals surface area contributed by atoms with Crippen LogP contribution in [-0.2, 0) is 16.6 Å². The molecule has 1 aliphatic rings. The third-order valence-electron chi connectivity index (χ3n) is 7.31. The number of nitrogens with one attached hydrogen (secondary N) is 1. The largest absolute Gasteiger partial charge is 0.353 e. The molecule has 8 heteroatoms. The lowest BCUT2D eigenvalue weighted by Crippen LogP contribution is -2.38. The van der Waals surface area contributed by atoms with Crippen molar-refractivity contribution in [3.63, 3.8) is 0 Å². The third kappa shape index (κ3) is 5.44. The van der Waals surface area contributed by atoms with Gasteiger partial charge in [0, 0.05) is 19.0 Å². The van der Waals surface area contributed by atoms with Crippen LogP contribution < -0.4 is 0 Å². The molecule has 0 saturated carbocycles. The van der Waals surface area contributed by atoms with Gasteiger partial charge in [-0.25, -0.2) is 19.9 Å². The average Bonchev–Trinajstić information content (AvgIpc) is 3.57. The lowest BCUT2D eigenvalue weighted by molar-refractivity contribution is -0.0160. The Bertz CT molecular complexity index is 1300. The van der Waals surface area contributed by atoms with Crippen LogP contribution in [0.3, 0.4) is 0 Å². The van der Waals surface area contributed by atoms with Crippen LogP contribution in [0, 0.1) is 0 Å². The molecule has 36 heavy (non-hydrogen) atoms. The summed E-state index contributed by atoms with van der Waals surface area (Å²) in [5.41, 5.74) is 5.34. The lowest BCUT2D eigenvalue weighted by Gasteiger charge is -2.29. The number of benzene rings is 1. The van der Waals surface area contributed by atoms with Crippen molar-refractivity contribution in [1.29, 1.82) is 0 Å². The first-order chi connectivity index (χ1) is 17.3. The second-order valence-electron chi connectivity index (χ2n) is 11.4. The van der Waals surface area contributed by atoms with Gasteiger partial charge in [0.25, 0.3) is 0 Å². The summed E-state index contributed by atoms with van der Waals surface area (Å²) in [7, 11) is 0. The second-order valence-corrected chi connectivity index (χ2v) is 11.4. The highest BCUT2D eigenvalue weighted by molar-refractivity contribution is 5.76. The number of aryl methyl sites for hydroxylation is 1. The van der Waals surface area contributed by atoms with E-state index in [0.717, 1.165) is 73.2 Å². The molecule has 0 radical (unpaired) electrons. The molecule has 0 aliphatic carbocycles. The van der Waals surface area contributed by atoms with Gasteiger partial charge in [-0.2, -0.15) is 0 Å². The van der Waals surface area contributed by atoms with E-state index in [-0.39, 0.29) is 17.7 Å². The first-order valence-electron chi connectivity index (χ1n) is 13.3. The molecule has 1 saturated heterocycles. The second kappa shape index (κ2) is 10.3. The van der Waals surface area contributed by atoms with E-state index in [4.69, 9.17) is 9.72 Å². The number of hydrogen-bond acceptors (Lipinski definition) is 6. The van der Waals surface area contributed by atoms with Crippen LogP contribution in [0.2, 0.25) is 0 Å². The number of ether oxygens (including phenoxy) is 1. The zero-order chi connectivity index (χ0) is 25.3. The number of imidazole rings is 2. The molecular weight excluding hydrogens is 450 g/mol. The van der Waals surface area contributed by atoms with Crippen LogP contribution in [0.4, 0.5) is 0 Å². The number of rotatable bonds is 9. The van der Waals surface area contributed by atoms with Gasteiger partial charge < -0.3 is 9.72 Å². The molecule has 0 bridgehead atoms. The predicted octanol–water partition coefficient (Wildman–Crippen LogP) is 5.41. The summed E-state index contributed by atoms with van der Waals surface area (Å²) in [6.45, 7) is 13.3. The Morgan fingerprint density at radius 1 is 1.14 bits per heavy atom. The fourth-order valence-corrected chi connectivity index (χ4v) is 5.10. The first kappa shape index (κ1) is 24.8. The molecule has 0 amide bonds. The number of H-pyrrole nitrogens is 1. The van der Waals surface area contributed by atoms with E-state index in [2.05, 4.69) is 82.2 Å². The van der Waals surface area contributed by atoms with E-state index >= 15 is 0 Å². The van der Waals surface area contributed by atoms with Crippen molar-refractivity contribution >= 4 is 22.2 Å². The van der Waals surface area contributed by atoms with E-state index in [1.165, 1.54) is 5.56 Å². The van der Waals surface area contributed by atoms with E-state index in [1.807, 2.05) is 6.33 Å². The number of unbranched alkanes of at least 4 members (excludes halogenated alkanes) is 1. The number of hydrogen-bond donors (Lipinski definition) is 1. The van der Waals surface area contributed by atoms with E-state index in [1.54, 1.807) is 12.5 Å². The Kier molecular flexibility index (Phi) is 7.08. The van der Waals surface area contributed by atoms with Crippen molar-refractivity contribution in [3.05, 3.63) is 48.4 Å². The Labute approximate surface area is 213 Å². The summed E-state index contributed by atoms with van der Waals surface area (Å²) in [5, 5.41) is 0. The number of aromatic nitrogens is 6. The van der Waals surface area contributed by atoms with Gasteiger partial charge >= 0.3 is 0 Å². The first-order valence-corrected chi connectivity index (χ1v) is 13.3. The van der Waals surface area contributed by atoms with Crippen LogP contribution >= 0.6 is 0 Å². The quantitative estimate of drug-likeness (QED) is 0.316. The standard InChI is InChI=1S/C28H39N7O/c1-19(2)34(16-21-10-12-26(36-21)35-18-31-24-15-29-17-30-27(24)35)13-7-6-8-25-32-22-11-9-20(28(3,4)5)14-23(22)33-25/h9,11,14-15,17-19,21,26H,6-8,10,12-13,16H2,1-5H3,(H,32,33). The minimum atomic E-state index is -0.00389. The minimum Gasteiger partial charge on any atom is -0.353 e. The molecule has 1 aromatic carbocycles. The smallest absolute Gasteiger partial charge is 0.165 e. The van der Waals surface area contributed by atoms with Gasteiger partial charge in [0.1, 0.15) is 23.9 Å². The Balaban J connectivity index is 1.12. The molecule has 2 atom stereocenters. The van der Waals surface area contributed by atoms with E-state index in [9.17, 15) is 0 Å². The van der Waals surface area contributed by atoms with Crippen LogP contribution in [0.25, 0.3) is 22.2 Å². The molecule has 192 valence electrons. The monoisotopic (exact) mass is 489 g/mol. The van der Waals surface area contributed by atoms with Crippen molar-refractivity contribution < 1.29 is 4.74 Å². The summed E-state index contributed by atoms with van der Waals surface area (Å²) >= 11 is 0. The lowest BCUT2D eigenvalue weighted by atomic mass is 9.87. The molecule has 0 spiro atoms. The summed E-state index contributed by atoms with van der Waals surface area (Å²) < 4.78 is 8.49. The van der Waals surface area contributed by atoms with Crippen molar-refractivity contribution in [2.45, 2.75) is 90.5 Å². The van der Waals surface area contributed by atoms with Crippen LogP contribution in [0.1, 0.15) is 77.9 Å².